The Morgan fingerprint density at radius 3 is 2.70 bits per heavy atom. The Bertz CT molecular complexity index is 546. The smallest absolute Gasteiger partial charge is 0.237 e. The fourth-order valence-corrected chi connectivity index (χ4v) is 3.02. The van der Waals surface area contributed by atoms with E-state index in [1.54, 1.807) is 15.8 Å². The molecule has 0 unspecified atom stereocenters. The molecule has 1 aliphatic rings. The second-order valence-electron chi connectivity index (χ2n) is 6.40. The molecule has 23 heavy (non-hydrogen) atoms. The van der Waals surface area contributed by atoms with Gasteiger partial charge in [0.25, 0.3) is 0 Å². The van der Waals surface area contributed by atoms with E-state index >= 15 is 0 Å². The van der Waals surface area contributed by atoms with E-state index in [0.717, 1.165) is 12.1 Å². The standard InChI is InChI=1S/C15H25N5O2.ClH/c1-10(2)7-20(9-14(16)21)15(22)13-6-17-5-12(13)11-4-18-19(3)8-11;/h4,8,10,12-13,17H,5-7,9H2,1-3H3,(H2,16,21);1H/t12-,13+;/m1./s1. The summed E-state index contributed by atoms with van der Waals surface area (Å²) in [5.41, 5.74) is 6.34. The van der Waals surface area contributed by atoms with Crippen LogP contribution in [0.25, 0.3) is 0 Å². The topological polar surface area (TPSA) is 93.2 Å². The molecule has 2 rings (SSSR count). The number of aryl methyl sites for hydroxylation is 1. The van der Waals surface area contributed by atoms with Crippen molar-refractivity contribution in [2.24, 2.45) is 24.6 Å². The fourth-order valence-electron chi connectivity index (χ4n) is 3.02. The predicted octanol–water partition coefficient (Wildman–Crippen LogP) is 0.115. The van der Waals surface area contributed by atoms with E-state index in [1.807, 2.05) is 27.1 Å². The van der Waals surface area contributed by atoms with E-state index in [1.165, 1.54) is 0 Å². The number of halogens is 1. The van der Waals surface area contributed by atoms with Gasteiger partial charge in [0.15, 0.2) is 0 Å². The molecular formula is C15H26ClN5O2. The first kappa shape index (κ1) is 19.4. The van der Waals surface area contributed by atoms with Crippen LogP contribution in [-0.2, 0) is 16.6 Å². The third-order valence-corrected chi connectivity index (χ3v) is 3.93. The van der Waals surface area contributed by atoms with E-state index in [2.05, 4.69) is 10.4 Å². The lowest BCUT2D eigenvalue weighted by Crippen LogP contribution is -2.45. The van der Waals surface area contributed by atoms with Crippen molar-refractivity contribution in [3.63, 3.8) is 0 Å². The molecule has 0 aromatic carbocycles. The van der Waals surface area contributed by atoms with Crippen molar-refractivity contribution in [2.75, 3.05) is 26.2 Å². The Balaban J connectivity index is 0.00000264. The third-order valence-electron chi connectivity index (χ3n) is 3.93. The van der Waals surface area contributed by atoms with Crippen molar-refractivity contribution in [1.29, 1.82) is 0 Å². The van der Waals surface area contributed by atoms with E-state index in [9.17, 15) is 9.59 Å². The zero-order valence-electron chi connectivity index (χ0n) is 13.9. The molecule has 1 aromatic heterocycles. The normalized spacial score (nSPS) is 20.3. The summed E-state index contributed by atoms with van der Waals surface area (Å²) < 4.78 is 1.74. The molecule has 0 radical (unpaired) electrons. The highest BCUT2D eigenvalue weighted by Gasteiger charge is 2.37. The number of carbonyl (C=O) groups is 2. The van der Waals surface area contributed by atoms with Gasteiger partial charge >= 0.3 is 0 Å². The highest BCUT2D eigenvalue weighted by molar-refractivity contribution is 5.86. The van der Waals surface area contributed by atoms with Crippen molar-refractivity contribution in [2.45, 2.75) is 19.8 Å². The Morgan fingerprint density at radius 1 is 1.48 bits per heavy atom. The number of nitrogens with zero attached hydrogens (tertiary/aromatic N) is 3. The number of amides is 2. The van der Waals surface area contributed by atoms with Gasteiger partial charge in [-0.2, -0.15) is 5.10 Å². The first-order valence-electron chi connectivity index (χ1n) is 7.64. The van der Waals surface area contributed by atoms with Crippen molar-refractivity contribution >= 4 is 24.2 Å². The number of carbonyl (C=O) groups excluding carboxylic acids is 2. The molecule has 1 aromatic rings. The van der Waals surface area contributed by atoms with Crippen LogP contribution in [-0.4, -0.2) is 52.7 Å². The summed E-state index contributed by atoms with van der Waals surface area (Å²) in [6.07, 6.45) is 3.75. The van der Waals surface area contributed by atoms with E-state index < -0.39 is 5.91 Å². The van der Waals surface area contributed by atoms with Gasteiger partial charge in [-0.15, -0.1) is 12.4 Å². The van der Waals surface area contributed by atoms with Crippen molar-refractivity contribution < 1.29 is 9.59 Å². The molecule has 0 saturated carbocycles. The second kappa shape index (κ2) is 8.31. The Labute approximate surface area is 143 Å². The number of rotatable bonds is 6. The van der Waals surface area contributed by atoms with Crippen LogP contribution >= 0.6 is 12.4 Å². The minimum atomic E-state index is -0.474. The Hall–Kier alpha value is -1.60. The summed E-state index contributed by atoms with van der Waals surface area (Å²) >= 11 is 0. The number of aromatic nitrogens is 2. The molecule has 130 valence electrons. The maximum absolute atomic E-state index is 12.9. The van der Waals surface area contributed by atoms with Gasteiger partial charge in [0, 0.05) is 38.8 Å². The molecule has 0 spiro atoms. The Kier molecular flexibility index (Phi) is 7.02. The zero-order chi connectivity index (χ0) is 16.3. The molecule has 0 aliphatic carbocycles. The molecule has 3 N–H and O–H groups in total. The van der Waals surface area contributed by atoms with E-state index in [4.69, 9.17) is 5.73 Å². The first-order chi connectivity index (χ1) is 10.4. The van der Waals surface area contributed by atoms with Gasteiger partial charge < -0.3 is 16.0 Å². The number of primary amides is 1. The molecule has 1 aliphatic heterocycles. The van der Waals surface area contributed by atoms with E-state index in [-0.39, 0.29) is 42.6 Å². The van der Waals surface area contributed by atoms with Gasteiger partial charge in [0.1, 0.15) is 0 Å². The lowest BCUT2D eigenvalue weighted by molar-refractivity contribution is -0.139. The minimum Gasteiger partial charge on any atom is -0.368 e. The average Bonchev–Trinajstić information content (AvgIpc) is 3.04. The molecule has 7 nitrogen and oxygen atoms in total. The van der Waals surface area contributed by atoms with E-state index in [0.29, 0.717) is 13.1 Å². The number of nitrogens with two attached hydrogens (primary N) is 1. The molecule has 2 amide bonds. The van der Waals surface area contributed by atoms with Gasteiger partial charge in [0.2, 0.25) is 11.8 Å². The molecule has 1 fully saturated rings. The summed E-state index contributed by atoms with van der Waals surface area (Å²) in [6.45, 7) is 5.92. The fraction of sp³-hybridized carbons (Fsp3) is 0.667. The lowest BCUT2D eigenvalue weighted by Gasteiger charge is -2.28. The molecular weight excluding hydrogens is 318 g/mol. The maximum Gasteiger partial charge on any atom is 0.237 e. The number of nitrogens with one attached hydrogen (secondary N) is 1. The van der Waals surface area contributed by atoms with Gasteiger partial charge in [0.05, 0.1) is 18.7 Å². The monoisotopic (exact) mass is 343 g/mol. The molecule has 8 heteroatoms. The number of hydrogen-bond acceptors (Lipinski definition) is 4. The van der Waals surface area contributed by atoms with Crippen LogP contribution in [0.1, 0.15) is 25.3 Å². The molecule has 2 atom stereocenters. The van der Waals surface area contributed by atoms with Crippen LogP contribution < -0.4 is 11.1 Å². The average molecular weight is 344 g/mol. The van der Waals surface area contributed by atoms with Crippen LogP contribution in [0.15, 0.2) is 12.4 Å². The van der Waals surface area contributed by atoms with Crippen LogP contribution in [0.4, 0.5) is 0 Å². The number of hydrogen-bond donors (Lipinski definition) is 2. The molecule has 2 heterocycles. The summed E-state index contributed by atoms with van der Waals surface area (Å²) in [5, 5.41) is 7.46. The van der Waals surface area contributed by atoms with Crippen molar-refractivity contribution in [3.05, 3.63) is 18.0 Å². The van der Waals surface area contributed by atoms with Crippen LogP contribution in [0.5, 0.6) is 0 Å². The molecule has 1 saturated heterocycles. The third kappa shape index (κ3) is 4.94. The largest absolute Gasteiger partial charge is 0.368 e. The predicted molar refractivity (Wildman–Crippen MR) is 90.2 cm³/mol. The van der Waals surface area contributed by atoms with Crippen molar-refractivity contribution in [3.8, 4) is 0 Å². The van der Waals surface area contributed by atoms with Gasteiger partial charge in [-0.3, -0.25) is 14.3 Å². The highest BCUT2D eigenvalue weighted by atomic mass is 35.5. The summed E-state index contributed by atoms with van der Waals surface area (Å²) in [4.78, 5) is 25.7. The van der Waals surface area contributed by atoms with Crippen molar-refractivity contribution in [1.82, 2.24) is 20.0 Å². The highest BCUT2D eigenvalue weighted by Crippen LogP contribution is 2.29. The molecule has 0 bridgehead atoms. The lowest BCUT2D eigenvalue weighted by atomic mass is 9.89. The van der Waals surface area contributed by atoms with Gasteiger partial charge in [-0.1, -0.05) is 13.8 Å². The SMILES string of the molecule is CC(C)CN(CC(N)=O)C(=O)[C@H]1CNC[C@@H]1c1cnn(C)c1.Cl. The van der Waals surface area contributed by atoms with Gasteiger partial charge in [-0.05, 0) is 11.5 Å². The maximum atomic E-state index is 12.9. The van der Waals surface area contributed by atoms with Crippen LogP contribution in [0.3, 0.4) is 0 Å². The Morgan fingerprint density at radius 2 is 2.17 bits per heavy atom. The summed E-state index contributed by atoms with van der Waals surface area (Å²) in [6, 6.07) is 0. The quantitative estimate of drug-likeness (QED) is 0.767. The zero-order valence-corrected chi connectivity index (χ0v) is 14.7. The minimum absolute atomic E-state index is 0. The van der Waals surface area contributed by atoms with Crippen LogP contribution in [0, 0.1) is 11.8 Å². The van der Waals surface area contributed by atoms with Gasteiger partial charge in [-0.25, -0.2) is 0 Å². The second-order valence-corrected chi connectivity index (χ2v) is 6.40. The van der Waals surface area contributed by atoms with Crippen LogP contribution in [0.2, 0.25) is 0 Å². The summed E-state index contributed by atoms with van der Waals surface area (Å²) in [7, 11) is 1.86. The first-order valence-corrected chi connectivity index (χ1v) is 7.64. The summed E-state index contributed by atoms with van der Waals surface area (Å²) in [5.74, 6) is -0.287.